The van der Waals surface area contributed by atoms with Crippen molar-refractivity contribution in [3.05, 3.63) is 34.1 Å². The van der Waals surface area contributed by atoms with Crippen LogP contribution in [0.3, 0.4) is 0 Å². The molecule has 0 radical (unpaired) electrons. The summed E-state index contributed by atoms with van der Waals surface area (Å²) in [7, 11) is 0. The fourth-order valence-corrected chi connectivity index (χ4v) is 3.26. The molecule has 106 valence electrons. The second-order valence-corrected chi connectivity index (χ2v) is 5.47. The number of benzene rings is 1. The van der Waals surface area contributed by atoms with Crippen LogP contribution >= 0.6 is 0 Å². The van der Waals surface area contributed by atoms with Crippen molar-refractivity contribution in [2.75, 3.05) is 0 Å². The van der Waals surface area contributed by atoms with Gasteiger partial charge in [0, 0.05) is 18.6 Å². The van der Waals surface area contributed by atoms with Crippen molar-refractivity contribution in [3.8, 4) is 5.75 Å². The molecular formula is C14H14FNO4. The summed E-state index contributed by atoms with van der Waals surface area (Å²) < 4.78 is 18.9. The van der Waals surface area contributed by atoms with E-state index >= 15 is 0 Å². The SMILES string of the molecule is O=C1CC(Oc2cc(F)ccc2[N+](=O)[O-])C12CCCC2. The van der Waals surface area contributed by atoms with Crippen LogP contribution < -0.4 is 4.74 Å². The lowest BCUT2D eigenvalue weighted by Gasteiger charge is -2.44. The van der Waals surface area contributed by atoms with Crippen molar-refractivity contribution in [1.82, 2.24) is 0 Å². The molecule has 0 aliphatic heterocycles. The van der Waals surface area contributed by atoms with Crippen LogP contribution in [0.15, 0.2) is 18.2 Å². The lowest BCUT2D eigenvalue weighted by molar-refractivity contribution is -0.386. The summed E-state index contributed by atoms with van der Waals surface area (Å²) in [6.07, 6.45) is 3.36. The summed E-state index contributed by atoms with van der Waals surface area (Å²) in [5.41, 5.74) is -0.751. The third-order valence-electron chi connectivity index (χ3n) is 4.43. The van der Waals surface area contributed by atoms with E-state index in [9.17, 15) is 19.3 Å². The average Bonchev–Trinajstić information content (AvgIpc) is 2.90. The maximum atomic E-state index is 13.3. The Labute approximate surface area is 114 Å². The zero-order valence-corrected chi connectivity index (χ0v) is 10.8. The van der Waals surface area contributed by atoms with E-state index in [0.717, 1.165) is 43.9 Å². The molecule has 0 heterocycles. The number of ketones is 1. The fourth-order valence-electron chi connectivity index (χ4n) is 3.26. The van der Waals surface area contributed by atoms with Crippen LogP contribution in [0.1, 0.15) is 32.1 Å². The van der Waals surface area contributed by atoms with Gasteiger partial charge in [-0.25, -0.2) is 4.39 Å². The zero-order chi connectivity index (χ0) is 14.3. The van der Waals surface area contributed by atoms with E-state index in [-0.39, 0.29) is 29.7 Å². The van der Waals surface area contributed by atoms with E-state index in [1.54, 1.807) is 0 Å². The van der Waals surface area contributed by atoms with E-state index in [0.29, 0.717) is 0 Å². The Morgan fingerprint density at radius 2 is 2.05 bits per heavy atom. The summed E-state index contributed by atoms with van der Waals surface area (Å²) in [4.78, 5) is 22.2. The number of nitrogens with zero attached hydrogens (tertiary/aromatic N) is 1. The number of hydrogen-bond acceptors (Lipinski definition) is 4. The Hall–Kier alpha value is -1.98. The molecular weight excluding hydrogens is 265 g/mol. The van der Waals surface area contributed by atoms with Crippen molar-refractivity contribution in [1.29, 1.82) is 0 Å². The lowest BCUT2D eigenvalue weighted by atomic mass is 9.63. The minimum absolute atomic E-state index is 0.0845. The minimum atomic E-state index is -0.601. The summed E-state index contributed by atoms with van der Waals surface area (Å²) in [5.74, 6) is -0.505. The standard InChI is InChI=1S/C14H14FNO4/c15-9-3-4-10(16(18)19)11(7-9)20-13-8-12(17)14(13)5-1-2-6-14/h3-4,7,13H,1-2,5-6,8H2. The van der Waals surface area contributed by atoms with Gasteiger partial charge in [-0.15, -0.1) is 0 Å². The Morgan fingerprint density at radius 3 is 2.65 bits per heavy atom. The first-order valence-electron chi connectivity index (χ1n) is 6.67. The molecule has 20 heavy (non-hydrogen) atoms. The number of halogens is 1. The highest BCUT2D eigenvalue weighted by Gasteiger charge is 2.57. The van der Waals surface area contributed by atoms with Crippen LogP contribution in [0.2, 0.25) is 0 Å². The predicted molar refractivity (Wildman–Crippen MR) is 68.0 cm³/mol. The van der Waals surface area contributed by atoms with E-state index < -0.39 is 16.2 Å². The molecule has 3 rings (SSSR count). The van der Waals surface area contributed by atoms with Crippen LogP contribution in [0.5, 0.6) is 5.75 Å². The number of rotatable bonds is 3. The van der Waals surface area contributed by atoms with Gasteiger partial charge in [-0.1, -0.05) is 12.8 Å². The third-order valence-corrected chi connectivity index (χ3v) is 4.43. The van der Waals surface area contributed by atoms with E-state index in [1.165, 1.54) is 0 Å². The van der Waals surface area contributed by atoms with Gasteiger partial charge < -0.3 is 4.74 Å². The highest BCUT2D eigenvalue weighted by Crippen LogP contribution is 2.52. The molecule has 6 heteroatoms. The number of nitro groups is 1. The molecule has 2 aliphatic rings. The summed E-state index contributed by atoms with van der Waals surface area (Å²) in [6.45, 7) is 0. The molecule has 1 aromatic rings. The Morgan fingerprint density at radius 1 is 1.35 bits per heavy atom. The Kier molecular flexibility index (Phi) is 2.96. The van der Waals surface area contributed by atoms with Crippen molar-refractivity contribution in [2.45, 2.75) is 38.2 Å². The second-order valence-electron chi connectivity index (χ2n) is 5.47. The van der Waals surface area contributed by atoms with Crippen molar-refractivity contribution in [3.63, 3.8) is 0 Å². The molecule has 1 spiro atoms. The summed E-state index contributed by atoms with van der Waals surface area (Å²) >= 11 is 0. The third kappa shape index (κ3) is 1.87. The summed E-state index contributed by atoms with van der Waals surface area (Å²) in [5, 5.41) is 10.9. The van der Waals surface area contributed by atoms with Crippen LogP contribution in [0, 0.1) is 21.3 Å². The molecule has 0 bridgehead atoms. The van der Waals surface area contributed by atoms with Crippen LogP contribution in [0.25, 0.3) is 0 Å². The highest BCUT2D eigenvalue weighted by molar-refractivity contribution is 5.92. The largest absolute Gasteiger partial charge is 0.482 e. The number of carbonyl (C=O) groups excluding carboxylic acids is 1. The Balaban J connectivity index is 1.87. The van der Waals surface area contributed by atoms with Gasteiger partial charge in [0.2, 0.25) is 0 Å². The maximum absolute atomic E-state index is 13.3. The minimum Gasteiger partial charge on any atom is -0.482 e. The van der Waals surface area contributed by atoms with E-state index in [2.05, 4.69) is 0 Å². The number of nitro benzene ring substituents is 1. The lowest BCUT2D eigenvalue weighted by Crippen LogP contribution is -2.55. The monoisotopic (exact) mass is 279 g/mol. The number of hydrogen-bond donors (Lipinski definition) is 0. The number of ether oxygens (including phenoxy) is 1. The molecule has 0 amide bonds. The fraction of sp³-hybridized carbons (Fsp3) is 0.500. The molecule has 1 atom stereocenters. The highest BCUT2D eigenvalue weighted by atomic mass is 19.1. The first-order valence-corrected chi connectivity index (χ1v) is 6.67. The van der Waals surface area contributed by atoms with Gasteiger partial charge in [-0.2, -0.15) is 0 Å². The molecule has 2 fully saturated rings. The van der Waals surface area contributed by atoms with Gasteiger partial charge in [0.25, 0.3) is 0 Å². The van der Waals surface area contributed by atoms with Crippen molar-refractivity contribution < 1.29 is 18.8 Å². The number of Topliss-reactive ketones (excluding diaryl/α,β-unsaturated/α-hetero) is 1. The van der Waals surface area contributed by atoms with Gasteiger partial charge in [0.05, 0.1) is 10.3 Å². The normalized spacial score (nSPS) is 23.6. The molecule has 5 nitrogen and oxygen atoms in total. The van der Waals surface area contributed by atoms with Gasteiger partial charge in [-0.05, 0) is 18.9 Å². The van der Waals surface area contributed by atoms with Gasteiger partial charge in [0.15, 0.2) is 5.75 Å². The maximum Gasteiger partial charge on any atom is 0.311 e. The predicted octanol–water partition coefficient (Wildman–Crippen LogP) is 3.01. The van der Waals surface area contributed by atoms with E-state index in [1.807, 2.05) is 0 Å². The van der Waals surface area contributed by atoms with Crippen LogP contribution in [-0.4, -0.2) is 16.8 Å². The van der Waals surface area contributed by atoms with Crippen molar-refractivity contribution in [2.24, 2.45) is 5.41 Å². The first kappa shape index (κ1) is 13.0. The number of carbonyl (C=O) groups is 1. The molecule has 0 N–H and O–H groups in total. The average molecular weight is 279 g/mol. The second kappa shape index (κ2) is 4.54. The first-order chi connectivity index (χ1) is 9.53. The van der Waals surface area contributed by atoms with Gasteiger partial charge >= 0.3 is 5.69 Å². The molecule has 2 aliphatic carbocycles. The molecule has 1 unspecified atom stereocenters. The van der Waals surface area contributed by atoms with Gasteiger partial charge in [0.1, 0.15) is 17.7 Å². The quantitative estimate of drug-likeness (QED) is 0.630. The Bertz CT molecular complexity index is 581. The molecule has 0 aromatic heterocycles. The smallest absolute Gasteiger partial charge is 0.311 e. The van der Waals surface area contributed by atoms with Gasteiger partial charge in [-0.3, -0.25) is 14.9 Å². The molecule has 1 aromatic carbocycles. The zero-order valence-electron chi connectivity index (χ0n) is 10.8. The summed E-state index contributed by atoms with van der Waals surface area (Å²) in [6, 6.07) is 3.14. The molecule has 2 saturated carbocycles. The van der Waals surface area contributed by atoms with E-state index in [4.69, 9.17) is 4.74 Å². The topological polar surface area (TPSA) is 69.4 Å². The van der Waals surface area contributed by atoms with Crippen LogP contribution in [0.4, 0.5) is 10.1 Å². The molecule has 0 saturated heterocycles. The van der Waals surface area contributed by atoms with Crippen molar-refractivity contribution >= 4 is 11.5 Å². The van der Waals surface area contributed by atoms with Crippen LogP contribution in [-0.2, 0) is 4.79 Å².